The second kappa shape index (κ2) is 6.84. The van der Waals surface area contributed by atoms with Gasteiger partial charge >= 0.3 is 0 Å². The lowest BCUT2D eigenvalue weighted by Gasteiger charge is -2.18. The van der Waals surface area contributed by atoms with Crippen LogP contribution in [0.5, 0.6) is 5.75 Å². The molecule has 0 saturated carbocycles. The fourth-order valence-electron chi connectivity index (χ4n) is 3.35. The van der Waals surface area contributed by atoms with Crippen LogP contribution in [0.25, 0.3) is 11.0 Å². The second-order valence-electron chi connectivity index (χ2n) is 6.34. The van der Waals surface area contributed by atoms with E-state index in [9.17, 15) is 5.11 Å². The third-order valence-corrected chi connectivity index (χ3v) is 4.93. The van der Waals surface area contributed by atoms with Crippen LogP contribution in [0.2, 0.25) is 0 Å². The highest BCUT2D eigenvalue weighted by Crippen LogP contribution is 2.35. The molecule has 0 amide bonds. The molecule has 1 N–H and O–H groups in total. The summed E-state index contributed by atoms with van der Waals surface area (Å²) in [4.78, 5) is 0. The van der Waals surface area contributed by atoms with Gasteiger partial charge in [-0.15, -0.1) is 5.10 Å². The van der Waals surface area contributed by atoms with E-state index in [2.05, 4.69) is 36.3 Å². The molecule has 25 heavy (non-hydrogen) atoms. The molecule has 2 aromatic carbocycles. The highest BCUT2D eigenvalue weighted by molar-refractivity contribution is 5.85. The van der Waals surface area contributed by atoms with E-state index in [1.54, 1.807) is 7.11 Å². The smallest absolute Gasteiger partial charge is 0.146 e. The van der Waals surface area contributed by atoms with Crippen molar-refractivity contribution in [2.75, 3.05) is 7.11 Å². The number of rotatable bonds is 5. The third kappa shape index (κ3) is 2.89. The molecule has 1 aromatic heterocycles. The highest BCUT2D eigenvalue weighted by atomic mass is 16.5. The van der Waals surface area contributed by atoms with E-state index in [1.165, 1.54) is 11.1 Å². The van der Waals surface area contributed by atoms with Crippen molar-refractivity contribution >= 4 is 11.0 Å². The predicted molar refractivity (Wildman–Crippen MR) is 99.1 cm³/mol. The molecule has 0 saturated heterocycles. The number of ether oxygens (including phenoxy) is 1. The van der Waals surface area contributed by atoms with E-state index in [0.717, 1.165) is 34.1 Å². The Bertz CT molecular complexity index is 915. The van der Waals surface area contributed by atoms with Crippen molar-refractivity contribution in [1.29, 1.82) is 0 Å². The number of aliphatic hydroxyl groups excluding tert-OH is 1. The molecule has 0 aliphatic heterocycles. The zero-order chi connectivity index (χ0) is 18.1. The van der Waals surface area contributed by atoms with Crippen molar-refractivity contribution in [3.05, 3.63) is 52.1 Å². The maximum Gasteiger partial charge on any atom is 0.146 e. The first-order valence-corrected chi connectivity index (χ1v) is 8.69. The number of hydrogen-bond donors (Lipinski definition) is 1. The summed E-state index contributed by atoms with van der Waals surface area (Å²) >= 11 is 0. The number of aryl methyl sites for hydroxylation is 4. The molecule has 1 unspecified atom stereocenters. The fraction of sp³-hybridized carbons (Fsp3) is 0.400. The van der Waals surface area contributed by atoms with Gasteiger partial charge in [-0.3, -0.25) is 0 Å². The summed E-state index contributed by atoms with van der Waals surface area (Å²) in [7, 11) is 1.63. The topological polar surface area (TPSA) is 60.2 Å². The molecular formula is C20H25N3O2. The van der Waals surface area contributed by atoms with Gasteiger partial charge in [0.05, 0.1) is 7.11 Å². The fourth-order valence-corrected chi connectivity index (χ4v) is 3.35. The number of aliphatic hydroxyl groups is 1. The lowest BCUT2D eigenvalue weighted by molar-refractivity contribution is 0.219. The molecule has 132 valence electrons. The SMILES string of the molecule is CCc1cc(C(O)c2cc(OC)c3c(nnn3CC)c2C)ccc1C. The van der Waals surface area contributed by atoms with Crippen molar-refractivity contribution < 1.29 is 9.84 Å². The number of aromatic nitrogens is 3. The molecule has 3 rings (SSSR count). The molecule has 5 heteroatoms. The standard InChI is InChI=1S/C20H25N3O2/c1-6-14-10-15(9-8-12(14)3)20(24)16-11-17(25-5)19-18(13(16)4)21-22-23(19)7-2/h8-11,20,24H,6-7H2,1-5H3. The average molecular weight is 339 g/mol. The highest BCUT2D eigenvalue weighted by Gasteiger charge is 2.21. The lowest BCUT2D eigenvalue weighted by Crippen LogP contribution is -2.05. The number of methoxy groups -OCH3 is 1. The molecule has 0 aliphatic carbocycles. The van der Waals surface area contributed by atoms with Crippen LogP contribution in [0.15, 0.2) is 24.3 Å². The Morgan fingerprint density at radius 2 is 1.96 bits per heavy atom. The van der Waals surface area contributed by atoms with Crippen LogP contribution in [0.4, 0.5) is 0 Å². The Morgan fingerprint density at radius 3 is 2.60 bits per heavy atom. The monoisotopic (exact) mass is 339 g/mol. The first kappa shape index (κ1) is 17.4. The largest absolute Gasteiger partial charge is 0.494 e. The summed E-state index contributed by atoms with van der Waals surface area (Å²) in [6, 6.07) is 8.04. The van der Waals surface area contributed by atoms with E-state index >= 15 is 0 Å². The maximum absolute atomic E-state index is 11.0. The third-order valence-electron chi connectivity index (χ3n) is 4.93. The molecule has 0 aliphatic rings. The van der Waals surface area contributed by atoms with E-state index in [0.29, 0.717) is 12.3 Å². The van der Waals surface area contributed by atoms with Crippen LogP contribution in [0.1, 0.15) is 47.8 Å². The Labute approximate surface area is 148 Å². The molecule has 5 nitrogen and oxygen atoms in total. The molecular weight excluding hydrogens is 314 g/mol. The second-order valence-corrected chi connectivity index (χ2v) is 6.34. The summed E-state index contributed by atoms with van der Waals surface area (Å²) in [5.41, 5.74) is 6.76. The average Bonchev–Trinajstić information content (AvgIpc) is 3.07. The van der Waals surface area contributed by atoms with E-state index in [4.69, 9.17) is 4.74 Å². The zero-order valence-electron chi connectivity index (χ0n) is 15.5. The van der Waals surface area contributed by atoms with Crippen molar-refractivity contribution in [3.63, 3.8) is 0 Å². The number of benzene rings is 2. The van der Waals surface area contributed by atoms with E-state index in [1.807, 2.05) is 30.7 Å². The summed E-state index contributed by atoms with van der Waals surface area (Å²) in [5, 5.41) is 19.5. The molecule has 1 heterocycles. The molecule has 0 spiro atoms. The van der Waals surface area contributed by atoms with Gasteiger partial charge < -0.3 is 9.84 Å². The van der Waals surface area contributed by atoms with Crippen LogP contribution >= 0.6 is 0 Å². The minimum absolute atomic E-state index is 0.685. The van der Waals surface area contributed by atoms with Gasteiger partial charge in [0, 0.05) is 6.54 Å². The van der Waals surface area contributed by atoms with Gasteiger partial charge in [-0.05, 0) is 61.1 Å². The zero-order valence-corrected chi connectivity index (χ0v) is 15.5. The number of fused-ring (bicyclic) bond motifs is 1. The molecule has 0 fully saturated rings. The molecule has 3 aromatic rings. The maximum atomic E-state index is 11.0. The van der Waals surface area contributed by atoms with Crippen LogP contribution in [-0.4, -0.2) is 27.2 Å². The number of nitrogens with zero attached hydrogens (tertiary/aromatic N) is 3. The summed E-state index contributed by atoms with van der Waals surface area (Å²) < 4.78 is 7.38. The minimum Gasteiger partial charge on any atom is -0.494 e. The van der Waals surface area contributed by atoms with Crippen LogP contribution in [-0.2, 0) is 13.0 Å². The van der Waals surface area contributed by atoms with Crippen molar-refractivity contribution in [1.82, 2.24) is 15.0 Å². The van der Waals surface area contributed by atoms with Crippen LogP contribution < -0.4 is 4.74 Å². The van der Waals surface area contributed by atoms with E-state index in [-0.39, 0.29) is 0 Å². The molecule has 0 bridgehead atoms. The lowest BCUT2D eigenvalue weighted by atomic mass is 9.93. The van der Waals surface area contributed by atoms with Gasteiger partial charge in [-0.2, -0.15) is 0 Å². The van der Waals surface area contributed by atoms with Crippen molar-refractivity contribution in [2.45, 2.75) is 46.8 Å². The van der Waals surface area contributed by atoms with Crippen molar-refractivity contribution in [3.8, 4) is 5.75 Å². The predicted octanol–water partition coefficient (Wildman–Crippen LogP) is 3.72. The Kier molecular flexibility index (Phi) is 4.77. The first-order valence-electron chi connectivity index (χ1n) is 8.69. The Balaban J connectivity index is 2.16. The molecule has 1 atom stereocenters. The molecule has 0 radical (unpaired) electrons. The van der Waals surface area contributed by atoms with Crippen LogP contribution in [0.3, 0.4) is 0 Å². The van der Waals surface area contributed by atoms with Gasteiger partial charge in [-0.1, -0.05) is 30.3 Å². The summed E-state index contributed by atoms with van der Waals surface area (Å²) in [6.07, 6.45) is 0.217. The minimum atomic E-state index is -0.726. The number of hydrogen-bond acceptors (Lipinski definition) is 4. The first-order chi connectivity index (χ1) is 12.0. The van der Waals surface area contributed by atoms with Crippen LogP contribution in [0, 0.1) is 13.8 Å². The van der Waals surface area contributed by atoms with Gasteiger partial charge in [0.25, 0.3) is 0 Å². The Morgan fingerprint density at radius 1 is 1.20 bits per heavy atom. The van der Waals surface area contributed by atoms with Gasteiger partial charge in [0.15, 0.2) is 0 Å². The Hall–Kier alpha value is -2.40. The quantitative estimate of drug-likeness (QED) is 0.769. The normalized spacial score (nSPS) is 12.6. The van der Waals surface area contributed by atoms with Crippen molar-refractivity contribution in [2.24, 2.45) is 0 Å². The summed E-state index contributed by atoms with van der Waals surface area (Å²) in [6.45, 7) is 8.93. The van der Waals surface area contributed by atoms with Gasteiger partial charge in [0.1, 0.15) is 22.9 Å². The van der Waals surface area contributed by atoms with E-state index < -0.39 is 6.10 Å². The summed E-state index contributed by atoms with van der Waals surface area (Å²) in [5.74, 6) is 0.685. The van der Waals surface area contributed by atoms with Gasteiger partial charge in [-0.25, -0.2) is 4.68 Å². The van der Waals surface area contributed by atoms with Gasteiger partial charge in [0.2, 0.25) is 0 Å².